The van der Waals surface area contributed by atoms with Crippen molar-refractivity contribution < 1.29 is 58.0 Å². The summed E-state index contributed by atoms with van der Waals surface area (Å²) in [4.78, 5) is 1.16. The summed E-state index contributed by atoms with van der Waals surface area (Å²) in [5.74, 6) is 0. The van der Waals surface area contributed by atoms with Gasteiger partial charge in [-0.25, -0.2) is 8.42 Å². The van der Waals surface area contributed by atoms with Crippen molar-refractivity contribution in [3.8, 4) is 0 Å². The molecule has 13 nitrogen and oxygen atoms in total. The molecule has 0 aliphatic carbocycles. The highest BCUT2D eigenvalue weighted by Gasteiger charge is 2.43. The highest BCUT2D eigenvalue weighted by molar-refractivity contribution is 7.80. The topological polar surface area (TPSA) is 232 Å². The Kier molecular flexibility index (Phi) is 8.72. The fraction of sp³-hybridized carbons (Fsp3) is 1.00. The minimum absolute atomic E-state index is 0.224. The van der Waals surface area contributed by atoms with Gasteiger partial charge in [0, 0.05) is 13.1 Å². The predicted molar refractivity (Wildman–Crippen MR) is 80.1 cm³/mol. The van der Waals surface area contributed by atoms with E-state index in [-0.39, 0.29) is 6.54 Å². The van der Waals surface area contributed by atoms with Gasteiger partial charge in [0.2, 0.25) is 10.4 Å². The summed E-state index contributed by atoms with van der Waals surface area (Å²) in [5, 5.41) is 76.4. The Hall–Kier alpha value is -0.490. The zero-order valence-electron chi connectivity index (χ0n) is 13.5. The van der Waals surface area contributed by atoms with E-state index in [2.05, 4.69) is 4.18 Å². The lowest BCUT2D eigenvalue weighted by Gasteiger charge is -2.34. The first kappa shape index (κ1) is 23.5. The van der Waals surface area contributed by atoms with E-state index in [1.54, 1.807) is 0 Å². The molecule has 0 bridgehead atoms. The minimum atomic E-state index is -5.45. The molecule has 0 aromatic heterocycles. The first-order chi connectivity index (χ1) is 11.9. The highest BCUT2D eigenvalue weighted by Crippen LogP contribution is 2.21. The summed E-state index contributed by atoms with van der Waals surface area (Å²) < 4.78 is 36.6. The molecule has 1 heterocycles. The quantitative estimate of drug-likeness (QED) is 0.125. The molecule has 1 saturated heterocycles. The second-order valence-electron chi connectivity index (χ2n) is 6.03. The third kappa shape index (κ3) is 6.01. The zero-order chi connectivity index (χ0) is 20.2. The lowest BCUT2D eigenvalue weighted by Crippen LogP contribution is -2.55. The van der Waals surface area contributed by atoms with E-state index < -0.39 is 78.9 Å². The van der Waals surface area contributed by atoms with Gasteiger partial charge in [-0.15, -0.1) is 0 Å². The van der Waals surface area contributed by atoms with Crippen molar-refractivity contribution in [3.05, 3.63) is 0 Å². The monoisotopic (exact) mass is 406 g/mol. The summed E-state index contributed by atoms with van der Waals surface area (Å²) in [5.41, 5.74) is 0. The zero-order valence-corrected chi connectivity index (χ0v) is 14.3. The van der Waals surface area contributed by atoms with Gasteiger partial charge in [0.1, 0.15) is 24.4 Å². The number of aliphatic hydroxyl groups is 8. The second-order valence-corrected chi connectivity index (χ2v) is 7.04. The molecule has 0 saturated carbocycles. The van der Waals surface area contributed by atoms with E-state index in [9.17, 15) is 48.7 Å². The van der Waals surface area contributed by atoms with Crippen LogP contribution in [0.4, 0.5) is 0 Å². The Bertz CT molecular complexity index is 532. The molecule has 0 amide bonds. The van der Waals surface area contributed by atoms with Gasteiger partial charge < -0.3 is 45.4 Å². The van der Waals surface area contributed by atoms with Crippen molar-refractivity contribution in [2.45, 2.75) is 48.8 Å². The number of hydrogen-bond acceptors (Lipinski definition) is 13. The molecule has 14 heteroatoms. The van der Waals surface area contributed by atoms with Crippen molar-refractivity contribution >= 4 is 10.4 Å². The van der Waals surface area contributed by atoms with Crippen LogP contribution in [0.5, 0.6) is 0 Å². The molecule has 1 aliphatic heterocycles. The van der Waals surface area contributed by atoms with Gasteiger partial charge in [-0.3, -0.25) is 9.08 Å². The van der Waals surface area contributed by atoms with E-state index in [0.717, 1.165) is 4.90 Å². The van der Waals surface area contributed by atoms with Crippen LogP contribution in [0.2, 0.25) is 0 Å². The summed E-state index contributed by atoms with van der Waals surface area (Å²) in [6.07, 6.45) is -13.2. The number of hydrogen-bond donors (Lipinski definition) is 8. The van der Waals surface area contributed by atoms with Crippen molar-refractivity contribution in [2.75, 3.05) is 26.3 Å². The van der Waals surface area contributed by atoms with Crippen LogP contribution in [0, 0.1) is 0 Å². The highest BCUT2D eigenvalue weighted by atomic mass is 32.3. The van der Waals surface area contributed by atoms with Crippen molar-refractivity contribution in [2.24, 2.45) is 0 Å². The number of aliphatic hydroxyl groups excluding tert-OH is 8. The van der Waals surface area contributed by atoms with Crippen LogP contribution in [-0.2, 0) is 14.6 Å². The molecule has 0 unspecified atom stereocenters. The third-order valence-electron chi connectivity index (χ3n) is 4.16. The Balaban J connectivity index is 2.95. The SMILES string of the molecule is O=S(=O)([O-])O[C@@H]([C@H](O)[C@H](O)[C@@H](O)CO)[C@H](O)CN1C[C@@H](O)[C@H](O)[C@H]1CO. The van der Waals surface area contributed by atoms with Crippen LogP contribution in [0.15, 0.2) is 0 Å². The fourth-order valence-electron chi connectivity index (χ4n) is 2.75. The van der Waals surface area contributed by atoms with Crippen LogP contribution >= 0.6 is 0 Å². The maximum Gasteiger partial charge on any atom is 0.218 e. The van der Waals surface area contributed by atoms with E-state index >= 15 is 0 Å². The number of likely N-dealkylation sites (tertiary alicyclic amines) is 1. The number of β-amino-alcohol motifs (C(OH)–C–C–N with tert-alkyl or cyclic N) is 2. The normalized spacial score (nSPS) is 30.7. The lowest BCUT2D eigenvalue weighted by atomic mass is 9.99. The molecule has 1 fully saturated rings. The Morgan fingerprint density at radius 1 is 1.08 bits per heavy atom. The van der Waals surface area contributed by atoms with Gasteiger partial charge in [0.25, 0.3) is 0 Å². The van der Waals surface area contributed by atoms with Crippen LogP contribution in [0.25, 0.3) is 0 Å². The van der Waals surface area contributed by atoms with E-state index in [1.165, 1.54) is 0 Å². The molecule has 0 aromatic rings. The van der Waals surface area contributed by atoms with E-state index in [4.69, 9.17) is 5.11 Å². The Morgan fingerprint density at radius 3 is 2.12 bits per heavy atom. The van der Waals surface area contributed by atoms with Crippen molar-refractivity contribution in [1.29, 1.82) is 0 Å². The number of nitrogens with zero attached hydrogens (tertiary/aromatic N) is 1. The maximum atomic E-state index is 10.8. The van der Waals surface area contributed by atoms with Gasteiger partial charge in [-0.2, -0.15) is 0 Å². The lowest BCUT2D eigenvalue weighted by molar-refractivity contribution is -0.136. The average molecular weight is 406 g/mol. The van der Waals surface area contributed by atoms with Crippen LogP contribution in [0.1, 0.15) is 0 Å². The van der Waals surface area contributed by atoms with Gasteiger partial charge in [0.05, 0.1) is 37.6 Å². The molecule has 0 spiro atoms. The molecule has 8 N–H and O–H groups in total. The summed E-state index contributed by atoms with van der Waals surface area (Å²) in [6.45, 7) is -2.43. The van der Waals surface area contributed by atoms with Gasteiger partial charge in [-0.1, -0.05) is 0 Å². The Labute approximate surface area is 149 Å². The van der Waals surface area contributed by atoms with Gasteiger partial charge in [-0.05, 0) is 0 Å². The minimum Gasteiger partial charge on any atom is -0.726 e. The van der Waals surface area contributed by atoms with Gasteiger partial charge >= 0.3 is 0 Å². The molecule has 8 atom stereocenters. The van der Waals surface area contributed by atoms with Crippen molar-refractivity contribution in [3.63, 3.8) is 0 Å². The summed E-state index contributed by atoms with van der Waals surface area (Å²) in [6, 6.07) is -1.02. The summed E-state index contributed by atoms with van der Waals surface area (Å²) in [7, 11) is -5.45. The van der Waals surface area contributed by atoms with E-state index in [0.29, 0.717) is 0 Å². The van der Waals surface area contributed by atoms with Crippen LogP contribution in [-0.4, -0.2) is 134 Å². The number of rotatable bonds is 10. The molecule has 0 aromatic carbocycles. The van der Waals surface area contributed by atoms with E-state index in [1.807, 2.05) is 0 Å². The average Bonchev–Trinajstić information content (AvgIpc) is 2.82. The fourth-order valence-corrected chi connectivity index (χ4v) is 3.26. The van der Waals surface area contributed by atoms with Gasteiger partial charge in [0.15, 0.2) is 0 Å². The first-order valence-corrected chi connectivity index (χ1v) is 8.94. The second kappa shape index (κ2) is 9.63. The van der Waals surface area contributed by atoms with Crippen LogP contribution < -0.4 is 0 Å². The standard InChI is InChI=1S/C12H25NO12S/c14-3-5-9(19)6(16)1-13(5)2-7(17)12(25-26(22,23)24)11(21)10(20)8(18)4-15/h5-12,14-21H,1-4H2,(H,22,23,24)/p-1/t5-,6-,7-,8+,9-,10-,11-,12-/m1/s1. The molecule has 1 rings (SSSR count). The molecular weight excluding hydrogens is 382 g/mol. The summed E-state index contributed by atoms with van der Waals surface area (Å²) >= 11 is 0. The smallest absolute Gasteiger partial charge is 0.218 e. The predicted octanol–water partition coefficient (Wildman–Crippen LogP) is -6.33. The largest absolute Gasteiger partial charge is 0.726 e. The molecule has 26 heavy (non-hydrogen) atoms. The first-order valence-electron chi connectivity index (χ1n) is 7.61. The molecule has 1 aliphatic rings. The Morgan fingerprint density at radius 2 is 1.65 bits per heavy atom. The molecule has 0 radical (unpaired) electrons. The molecule has 156 valence electrons. The van der Waals surface area contributed by atoms with Crippen molar-refractivity contribution in [1.82, 2.24) is 4.90 Å². The van der Waals surface area contributed by atoms with Crippen LogP contribution in [0.3, 0.4) is 0 Å². The maximum absolute atomic E-state index is 10.8. The third-order valence-corrected chi connectivity index (χ3v) is 4.62. The molecular formula is C12H24NO12S-.